The van der Waals surface area contributed by atoms with E-state index in [1.807, 2.05) is 11.8 Å². The fourth-order valence-electron chi connectivity index (χ4n) is 2.07. The van der Waals surface area contributed by atoms with E-state index in [0.717, 1.165) is 25.1 Å². The number of carbonyl (C=O) groups is 1. The number of carbonyl (C=O) groups excluding carboxylic acids is 1. The quantitative estimate of drug-likeness (QED) is 0.804. The number of amides is 1. The zero-order valence-electron chi connectivity index (χ0n) is 9.27. The molecule has 16 heavy (non-hydrogen) atoms. The van der Waals surface area contributed by atoms with Crippen LogP contribution in [0.5, 0.6) is 0 Å². The second-order valence-corrected chi connectivity index (χ2v) is 3.94. The smallest absolute Gasteiger partial charge is 0.257 e. The van der Waals surface area contributed by atoms with Gasteiger partial charge in [-0.25, -0.2) is 0 Å². The van der Waals surface area contributed by atoms with E-state index in [4.69, 9.17) is 5.73 Å². The molecular weight excluding hydrogens is 228 g/mol. The van der Waals surface area contributed by atoms with Gasteiger partial charge in [0, 0.05) is 24.8 Å². The molecule has 1 aliphatic rings. The van der Waals surface area contributed by atoms with E-state index in [2.05, 4.69) is 10.2 Å². The third-order valence-electron chi connectivity index (χ3n) is 2.97. The van der Waals surface area contributed by atoms with E-state index in [9.17, 15) is 4.79 Å². The van der Waals surface area contributed by atoms with Crippen LogP contribution in [0.2, 0.25) is 0 Å². The van der Waals surface area contributed by atoms with Gasteiger partial charge in [-0.15, -0.1) is 12.4 Å². The van der Waals surface area contributed by atoms with Crippen LogP contribution >= 0.6 is 12.4 Å². The molecule has 0 saturated carbocycles. The van der Waals surface area contributed by atoms with Crippen LogP contribution in [0.15, 0.2) is 6.20 Å². The average Bonchev–Trinajstić information content (AvgIpc) is 2.84. The van der Waals surface area contributed by atoms with Crippen molar-refractivity contribution < 1.29 is 4.79 Å². The molecule has 1 amide bonds. The number of nitrogens with one attached hydrogen (secondary N) is 1. The predicted molar refractivity (Wildman–Crippen MR) is 63.7 cm³/mol. The Balaban J connectivity index is 0.00000128. The lowest BCUT2D eigenvalue weighted by Gasteiger charge is -2.23. The lowest BCUT2D eigenvalue weighted by atomic mass is 10.2. The molecular formula is C10H17ClN4O. The van der Waals surface area contributed by atoms with E-state index < -0.39 is 0 Å². The van der Waals surface area contributed by atoms with Crippen molar-refractivity contribution in [1.29, 1.82) is 0 Å². The maximum Gasteiger partial charge on any atom is 0.257 e. The highest BCUT2D eigenvalue weighted by Gasteiger charge is 2.29. The fraction of sp³-hybridized carbons (Fsp3) is 0.600. The number of halogens is 1. The van der Waals surface area contributed by atoms with Gasteiger partial charge < -0.3 is 10.6 Å². The summed E-state index contributed by atoms with van der Waals surface area (Å²) in [4.78, 5) is 14.0. The first-order valence-corrected chi connectivity index (χ1v) is 5.25. The van der Waals surface area contributed by atoms with Crippen molar-refractivity contribution in [3.8, 4) is 0 Å². The number of nitrogens with two attached hydrogens (primary N) is 1. The van der Waals surface area contributed by atoms with E-state index >= 15 is 0 Å². The van der Waals surface area contributed by atoms with Crippen molar-refractivity contribution in [2.75, 3.05) is 13.1 Å². The monoisotopic (exact) mass is 244 g/mol. The van der Waals surface area contributed by atoms with E-state index in [0.29, 0.717) is 12.1 Å². The molecule has 3 N–H and O–H groups in total. The van der Waals surface area contributed by atoms with Gasteiger partial charge in [0.1, 0.15) is 0 Å². The van der Waals surface area contributed by atoms with E-state index in [1.54, 1.807) is 6.20 Å². The van der Waals surface area contributed by atoms with Gasteiger partial charge in [-0.1, -0.05) is 0 Å². The van der Waals surface area contributed by atoms with Gasteiger partial charge in [0.05, 0.1) is 11.8 Å². The van der Waals surface area contributed by atoms with Gasteiger partial charge >= 0.3 is 0 Å². The lowest BCUT2D eigenvalue weighted by Crippen LogP contribution is -2.40. The van der Waals surface area contributed by atoms with Crippen molar-refractivity contribution in [2.45, 2.75) is 25.8 Å². The molecule has 0 spiro atoms. The highest BCUT2D eigenvalue weighted by molar-refractivity contribution is 5.95. The SMILES string of the molecule is Cc1[nH]ncc1C(=O)N1CCCC1CN.Cl. The Morgan fingerprint density at radius 2 is 2.50 bits per heavy atom. The van der Waals surface area contributed by atoms with E-state index in [-0.39, 0.29) is 24.4 Å². The summed E-state index contributed by atoms with van der Waals surface area (Å²) in [5.74, 6) is 0.0502. The molecule has 1 aliphatic heterocycles. The van der Waals surface area contributed by atoms with Crippen LogP contribution in [0.1, 0.15) is 28.9 Å². The van der Waals surface area contributed by atoms with Gasteiger partial charge in [-0.3, -0.25) is 9.89 Å². The second kappa shape index (κ2) is 5.32. The molecule has 0 radical (unpaired) electrons. The molecule has 5 nitrogen and oxygen atoms in total. The lowest BCUT2D eigenvalue weighted by molar-refractivity contribution is 0.0740. The molecule has 0 aromatic carbocycles. The molecule has 2 rings (SSSR count). The normalized spacial score (nSPS) is 19.6. The standard InChI is InChI=1S/C10H16N4O.ClH/c1-7-9(6-12-13-7)10(15)14-4-2-3-8(14)5-11;/h6,8H,2-5,11H2,1H3,(H,12,13);1H. The number of hydrogen-bond acceptors (Lipinski definition) is 3. The maximum absolute atomic E-state index is 12.1. The Kier molecular flexibility index (Phi) is 4.32. The van der Waals surface area contributed by atoms with Crippen molar-refractivity contribution >= 4 is 18.3 Å². The molecule has 6 heteroatoms. The molecule has 1 atom stereocenters. The Morgan fingerprint density at radius 3 is 3.06 bits per heavy atom. The number of likely N-dealkylation sites (tertiary alicyclic amines) is 1. The minimum atomic E-state index is 0. The first-order valence-electron chi connectivity index (χ1n) is 5.25. The summed E-state index contributed by atoms with van der Waals surface area (Å²) < 4.78 is 0. The number of H-pyrrole nitrogens is 1. The zero-order chi connectivity index (χ0) is 10.8. The summed E-state index contributed by atoms with van der Waals surface area (Å²) in [6, 6.07) is 0.201. The first-order chi connectivity index (χ1) is 7.24. The fourth-order valence-corrected chi connectivity index (χ4v) is 2.07. The topological polar surface area (TPSA) is 75.0 Å². The third-order valence-corrected chi connectivity index (χ3v) is 2.97. The van der Waals surface area contributed by atoms with Crippen molar-refractivity contribution in [3.05, 3.63) is 17.5 Å². The van der Waals surface area contributed by atoms with Crippen molar-refractivity contribution in [3.63, 3.8) is 0 Å². The molecule has 90 valence electrons. The number of rotatable bonds is 2. The maximum atomic E-state index is 12.1. The van der Waals surface area contributed by atoms with Gasteiger partial charge in [0.2, 0.25) is 0 Å². The van der Waals surface area contributed by atoms with Crippen LogP contribution in [-0.4, -0.2) is 40.1 Å². The number of aromatic nitrogens is 2. The van der Waals surface area contributed by atoms with Crippen molar-refractivity contribution in [1.82, 2.24) is 15.1 Å². The van der Waals surface area contributed by atoms with E-state index in [1.165, 1.54) is 0 Å². The van der Waals surface area contributed by atoms with Crippen LogP contribution in [0.3, 0.4) is 0 Å². The molecule has 1 unspecified atom stereocenters. The summed E-state index contributed by atoms with van der Waals surface area (Å²) in [6.45, 7) is 3.21. The Labute approximate surface area is 101 Å². The largest absolute Gasteiger partial charge is 0.334 e. The van der Waals surface area contributed by atoms with Crippen LogP contribution in [0.4, 0.5) is 0 Å². The molecule has 1 aromatic heterocycles. The summed E-state index contributed by atoms with van der Waals surface area (Å²) in [7, 11) is 0. The highest BCUT2D eigenvalue weighted by Crippen LogP contribution is 2.19. The van der Waals surface area contributed by atoms with Gasteiger partial charge in [0.15, 0.2) is 0 Å². The molecule has 2 heterocycles. The zero-order valence-corrected chi connectivity index (χ0v) is 10.1. The number of hydrogen-bond donors (Lipinski definition) is 2. The molecule has 0 aliphatic carbocycles. The Bertz CT molecular complexity index is 365. The van der Waals surface area contributed by atoms with Gasteiger partial charge in [-0.05, 0) is 19.8 Å². The summed E-state index contributed by atoms with van der Waals surface area (Å²) in [6.07, 6.45) is 3.65. The highest BCUT2D eigenvalue weighted by atomic mass is 35.5. The van der Waals surface area contributed by atoms with Crippen LogP contribution in [0.25, 0.3) is 0 Å². The minimum absolute atomic E-state index is 0. The molecule has 0 bridgehead atoms. The van der Waals surface area contributed by atoms with Crippen molar-refractivity contribution in [2.24, 2.45) is 5.73 Å². The Morgan fingerprint density at radius 1 is 1.75 bits per heavy atom. The molecule has 1 fully saturated rings. The van der Waals surface area contributed by atoms with Crippen LogP contribution in [-0.2, 0) is 0 Å². The first kappa shape index (κ1) is 13.0. The number of nitrogens with zero attached hydrogens (tertiary/aromatic N) is 2. The summed E-state index contributed by atoms with van der Waals surface area (Å²) in [5.41, 5.74) is 7.12. The Hall–Kier alpha value is -1.07. The average molecular weight is 245 g/mol. The second-order valence-electron chi connectivity index (χ2n) is 3.94. The predicted octanol–water partition coefficient (Wildman–Crippen LogP) is 0.703. The van der Waals surface area contributed by atoms with Crippen LogP contribution < -0.4 is 5.73 Å². The van der Waals surface area contributed by atoms with Gasteiger partial charge in [-0.2, -0.15) is 5.10 Å². The summed E-state index contributed by atoms with van der Waals surface area (Å²) in [5, 5.41) is 6.64. The summed E-state index contributed by atoms with van der Waals surface area (Å²) >= 11 is 0. The van der Waals surface area contributed by atoms with Crippen LogP contribution in [0, 0.1) is 6.92 Å². The number of aryl methyl sites for hydroxylation is 1. The molecule has 1 saturated heterocycles. The third kappa shape index (κ3) is 2.20. The number of aromatic amines is 1. The minimum Gasteiger partial charge on any atom is -0.334 e. The van der Waals surface area contributed by atoms with Gasteiger partial charge in [0.25, 0.3) is 5.91 Å². The molecule has 1 aromatic rings.